The summed E-state index contributed by atoms with van der Waals surface area (Å²) in [5, 5.41) is 10.6. The van der Waals surface area contributed by atoms with Crippen LogP contribution in [0.4, 0.5) is 3.89 Å². The average molecular weight is 711 g/mol. The zero-order chi connectivity index (χ0) is 36.6. The van der Waals surface area contributed by atoms with Crippen LogP contribution in [0.2, 0.25) is 0 Å². The van der Waals surface area contributed by atoms with Crippen molar-refractivity contribution < 1.29 is 41.0 Å². The summed E-state index contributed by atoms with van der Waals surface area (Å²) < 4.78 is 41.9. The largest absolute Gasteiger partial charge is 0.496 e. The van der Waals surface area contributed by atoms with E-state index in [0.717, 1.165) is 34.9 Å². The Morgan fingerprint density at radius 3 is 2.24 bits per heavy atom. The highest BCUT2D eigenvalue weighted by molar-refractivity contribution is 7.86. The fourth-order valence-electron chi connectivity index (χ4n) is 5.46. The van der Waals surface area contributed by atoms with E-state index in [1.165, 1.54) is 19.1 Å². The summed E-state index contributed by atoms with van der Waals surface area (Å²) in [6, 6.07) is 14.5. The lowest BCUT2D eigenvalue weighted by Gasteiger charge is -2.38. The Balaban J connectivity index is 1.65. The molecule has 0 unspecified atom stereocenters. The third-order valence-electron chi connectivity index (χ3n) is 8.38. The summed E-state index contributed by atoms with van der Waals surface area (Å²) in [4.78, 5) is 67.5. The topological polar surface area (TPSA) is 206 Å². The number of rotatable bonds is 14. The van der Waals surface area contributed by atoms with E-state index in [-0.39, 0.29) is 30.7 Å². The van der Waals surface area contributed by atoms with Crippen molar-refractivity contribution in [3.8, 4) is 5.75 Å². The van der Waals surface area contributed by atoms with E-state index in [9.17, 15) is 36.3 Å². The van der Waals surface area contributed by atoms with Crippen molar-refractivity contribution in [2.24, 2.45) is 5.73 Å². The first-order valence-electron chi connectivity index (χ1n) is 15.6. The molecule has 5 amide bonds. The Labute approximate surface area is 289 Å². The minimum absolute atomic E-state index is 0.0425. The number of hydrogen-bond acceptors (Lipinski definition) is 9. The summed E-state index contributed by atoms with van der Waals surface area (Å²) in [7, 11) is -2.41. The molecule has 6 N–H and O–H groups in total. The van der Waals surface area contributed by atoms with Crippen molar-refractivity contribution in [1.82, 2.24) is 26.2 Å². The first kappa shape index (κ1) is 37.5. The molecule has 50 heavy (non-hydrogen) atoms. The number of amides is 5. The van der Waals surface area contributed by atoms with Gasteiger partial charge in [-0.05, 0) is 48.9 Å². The van der Waals surface area contributed by atoms with Crippen LogP contribution >= 0.6 is 0 Å². The van der Waals surface area contributed by atoms with E-state index in [1.807, 2.05) is 6.07 Å². The van der Waals surface area contributed by atoms with Gasteiger partial charge in [0.1, 0.15) is 23.9 Å². The lowest BCUT2D eigenvalue weighted by atomic mass is 9.92. The van der Waals surface area contributed by atoms with Crippen LogP contribution in [0.1, 0.15) is 34.0 Å². The minimum atomic E-state index is -5.17. The maximum Gasteiger partial charge on any atom is 0.332 e. The van der Waals surface area contributed by atoms with Gasteiger partial charge in [0.05, 0.1) is 23.6 Å². The van der Waals surface area contributed by atoms with Gasteiger partial charge in [-0.3, -0.25) is 24.0 Å². The van der Waals surface area contributed by atoms with E-state index in [4.69, 9.17) is 10.5 Å². The SMILES string of the molecule is CN[C@@H](C)C(=O)N[C@@H](CNC(=O)c1cc(S(=O)(=O)F)ccc1OC)C(=O)N1Cc2ccccc2C[C@H]1C(=O)N[C@@H](Cc1ccccc1)C(N)=O. The zero-order valence-electron chi connectivity index (χ0n) is 27.6. The number of primary amides is 1. The van der Waals surface area contributed by atoms with Gasteiger partial charge in [-0.1, -0.05) is 54.6 Å². The minimum Gasteiger partial charge on any atom is -0.496 e. The lowest BCUT2D eigenvalue weighted by Crippen LogP contribution is -2.62. The Kier molecular flexibility index (Phi) is 12.3. The molecule has 0 fully saturated rings. The molecule has 0 aliphatic carbocycles. The van der Waals surface area contributed by atoms with Crippen LogP contribution in [0.3, 0.4) is 0 Å². The molecule has 1 heterocycles. The Bertz CT molecular complexity index is 1860. The maximum atomic E-state index is 14.4. The Hall–Kier alpha value is -5.35. The normalized spacial score (nSPS) is 15.8. The van der Waals surface area contributed by atoms with E-state index >= 15 is 0 Å². The number of nitrogens with one attached hydrogen (secondary N) is 4. The van der Waals surface area contributed by atoms with Crippen molar-refractivity contribution in [2.45, 2.75) is 55.4 Å². The predicted molar refractivity (Wildman–Crippen MR) is 180 cm³/mol. The number of nitrogens with two attached hydrogens (primary N) is 1. The van der Waals surface area contributed by atoms with Crippen LogP contribution in [-0.2, 0) is 48.8 Å². The van der Waals surface area contributed by atoms with Crippen molar-refractivity contribution in [3.63, 3.8) is 0 Å². The third kappa shape index (κ3) is 9.21. The van der Waals surface area contributed by atoms with Crippen LogP contribution in [-0.4, -0.2) is 87.7 Å². The molecule has 0 spiro atoms. The number of likely N-dealkylation sites (N-methyl/N-ethyl adjacent to an activating group) is 1. The molecule has 16 heteroatoms. The molecule has 0 aromatic heterocycles. The number of benzene rings is 3. The number of methoxy groups -OCH3 is 1. The second-order valence-corrected chi connectivity index (χ2v) is 13.0. The third-order valence-corrected chi connectivity index (χ3v) is 9.20. The van der Waals surface area contributed by atoms with Crippen LogP contribution in [0, 0.1) is 0 Å². The number of nitrogens with zero attached hydrogens (tertiary/aromatic N) is 1. The van der Waals surface area contributed by atoms with Gasteiger partial charge in [0.15, 0.2) is 0 Å². The van der Waals surface area contributed by atoms with Gasteiger partial charge in [-0.25, -0.2) is 0 Å². The molecule has 0 radical (unpaired) electrons. The van der Waals surface area contributed by atoms with Crippen LogP contribution < -0.4 is 31.7 Å². The molecule has 0 saturated heterocycles. The molecular weight excluding hydrogens is 671 g/mol. The van der Waals surface area contributed by atoms with Crippen molar-refractivity contribution in [1.29, 1.82) is 0 Å². The highest BCUT2D eigenvalue weighted by Gasteiger charge is 2.39. The summed E-state index contributed by atoms with van der Waals surface area (Å²) in [5.74, 6) is -3.76. The highest BCUT2D eigenvalue weighted by Crippen LogP contribution is 2.26. The van der Waals surface area contributed by atoms with Crippen molar-refractivity contribution in [3.05, 3.63) is 95.1 Å². The summed E-state index contributed by atoms with van der Waals surface area (Å²) >= 11 is 0. The van der Waals surface area contributed by atoms with E-state index in [0.29, 0.717) is 0 Å². The predicted octanol–water partition coefficient (Wildman–Crippen LogP) is 0.342. The number of ether oxygens (including phenoxy) is 1. The summed E-state index contributed by atoms with van der Waals surface area (Å²) in [6.07, 6.45) is 0.187. The fraction of sp³-hybridized carbons (Fsp3) is 0.324. The van der Waals surface area contributed by atoms with Gasteiger partial charge < -0.3 is 36.6 Å². The number of halogens is 1. The van der Waals surface area contributed by atoms with E-state index in [1.54, 1.807) is 55.5 Å². The number of carbonyl (C=O) groups excluding carboxylic acids is 5. The molecule has 4 atom stereocenters. The monoisotopic (exact) mass is 710 g/mol. The second kappa shape index (κ2) is 16.4. The van der Waals surface area contributed by atoms with Crippen molar-refractivity contribution in [2.75, 3.05) is 20.7 Å². The van der Waals surface area contributed by atoms with Gasteiger partial charge in [0.25, 0.3) is 5.91 Å². The number of fused-ring (bicyclic) bond motifs is 1. The standard InChI is InChI=1S/C34H39FN6O8S/c1-20(37-2)31(43)40-27(18-38-32(44)25-17-24(50(35,47)48)13-14-29(25)49-3)34(46)41-19-23-12-8-7-11-22(23)16-28(41)33(45)39-26(30(36)42)15-21-9-5-4-6-10-21/h4-14,17,20,26-28,37H,15-16,18-19H2,1-3H3,(H2,36,42)(H,38,44)(H,39,45)(H,40,43)/t20-,26-,27-,28-/m0/s1. The number of carbonyl (C=O) groups is 5. The molecular formula is C34H39FN6O8S. The molecule has 1 aliphatic heterocycles. The molecule has 0 saturated carbocycles. The fourth-order valence-corrected chi connectivity index (χ4v) is 5.95. The average Bonchev–Trinajstić information content (AvgIpc) is 3.11. The summed E-state index contributed by atoms with van der Waals surface area (Å²) in [5.41, 5.74) is 7.61. The maximum absolute atomic E-state index is 14.4. The highest BCUT2D eigenvalue weighted by atomic mass is 32.3. The van der Waals surface area contributed by atoms with Crippen LogP contribution in [0.15, 0.2) is 77.7 Å². The lowest BCUT2D eigenvalue weighted by molar-refractivity contribution is -0.145. The Morgan fingerprint density at radius 1 is 0.960 bits per heavy atom. The Morgan fingerprint density at radius 2 is 1.62 bits per heavy atom. The molecule has 1 aliphatic rings. The molecule has 14 nitrogen and oxygen atoms in total. The first-order chi connectivity index (χ1) is 23.7. The molecule has 266 valence electrons. The van der Waals surface area contributed by atoms with Crippen LogP contribution in [0.25, 0.3) is 0 Å². The van der Waals surface area contributed by atoms with Gasteiger partial charge >= 0.3 is 10.2 Å². The zero-order valence-corrected chi connectivity index (χ0v) is 28.5. The summed E-state index contributed by atoms with van der Waals surface area (Å²) in [6.45, 7) is 0.993. The van der Waals surface area contributed by atoms with Gasteiger partial charge in [0, 0.05) is 25.9 Å². The second-order valence-electron chi connectivity index (χ2n) is 11.7. The molecule has 0 bridgehead atoms. The quantitative estimate of drug-likeness (QED) is 0.146. The van der Waals surface area contributed by atoms with Crippen molar-refractivity contribution >= 4 is 39.8 Å². The molecule has 3 aromatic rings. The number of hydrogen-bond donors (Lipinski definition) is 5. The molecule has 3 aromatic carbocycles. The first-order valence-corrected chi connectivity index (χ1v) is 17.0. The van der Waals surface area contributed by atoms with E-state index < -0.39 is 75.4 Å². The van der Waals surface area contributed by atoms with Gasteiger partial charge in [-0.2, -0.15) is 8.42 Å². The van der Waals surface area contributed by atoms with E-state index in [2.05, 4.69) is 21.3 Å². The van der Waals surface area contributed by atoms with Crippen LogP contribution in [0.5, 0.6) is 5.75 Å². The van der Waals surface area contributed by atoms with Gasteiger partial charge in [-0.15, -0.1) is 3.89 Å². The molecule has 4 rings (SSSR count). The smallest absolute Gasteiger partial charge is 0.332 e. The van der Waals surface area contributed by atoms with Gasteiger partial charge in [0.2, 0.25) is 23.6 Å².